The molecule has 0 spiro atoms. The molecule has 3 rings (SSSR count). The average molecular weight is 349 g/mol. The fourth-order valence-corrected chi connectivity index (χ4v) is 3.56. The van der Waals surface area contributed by atoms with Crippen molar-refractivity contribution in [2.45, 2.75) is 6.92 Å². The average Bonchev–Trinajstić information content (AvgIpc) is 3.23. The maximum absolute atomic E-state index is 9.56. The van der Waals surface area contributed by atoms with Crippen LogP contribution in [0.5, 0.6) is 0 Å². The molecule has 0 saturated carbocycles. The van der Waals surface area contributed by atoms with E-state index in [0.717, 1.165) is 27.1 Å². The van der Waals surface area contributed by atoms with Gasteiger partial charge in [-0.15, -0.1) is 11.3 Å². The summed E-state index contributed by atoms with van der Waals surface area (Å²) in [5.41, 5.74) is 10.4. The van der Waals surface area contributed by atoms with Crippen LogP contribution < -0.4 is 5.73 Å². The molecular weight excluding hydrogens is 334 g/mol. The van der Waals surface area contributed by atoms with Gasteiger partial charge in [-0.05, 0) is 18.6 Å². The molecule has 124 valence electrons. The van der Waals surface area contributed by atoms with Crippen LogP contribution in [-0.4, -0.2) is 26.5 Å². The molecule has 0 saturated heterocycles. The minimum absolute atomic E-state index is 0.193. The van der Waals surface area contributed by atoms with Crippen molar-refractivity contribution in [3.63, 3.8) is 0 Å². The second-order valence-electron chi connectivity index (χ2n) is 5.39. The van der Waals surface area contributed by atoms with Crippen LogP contribution in [0.2, 0.25) is 0 Å². The topological polar surface area (TPSA) is 101 Å². The zero-order valence-corrected chi connectivity index (χ0v) is 14.6. The number of rotatable bonds is 2. The standard InChI is InChI=1S/C18H15N5OS/c1-11-16(15-6-12(10-25-15)4-3-5-24)14(7-19)18(20)22-17(11)13-8-21-23(2)9-13/h6,8-10,24H,5H2,1-2H3,(H2,20,22). The molecule has 3 heterocycles. The lowest BCUT2D eigenvalue weighted by atomic mass is 9.98. The predicted octanol–water partition coefficient (Wildman–Crippen LogP) is 2.32. The molecule has 0 amide bonds. The van der Waals surface area contributed by atoms with Crippen LogP contribution in [0, 0.1) is 30.1 Å². The first-order valence-corrected chi connectivity index (χ1v) is 8.31. The van der Waals surface area contributed by atoms with E-state index >= 15 is 0 Å². The number of nitrogen functional groups attached to an aromatic ring is 1. The van der Waals surface area contributed by atoms with Crippen LogP contribution in [0.4, 0.5) is 5.82 Å². The molecule has 0 atom stereocenters. The normalized spacial score (nSPS) is 10.2. The van der Waals surface area contributed by atoms with E-state index in [1.54, 1.807) is 10.9 Å². The molecule has 7 heteroatoms. The van der Waals surface area contributed by atoms with Crippen molar-refractivity contribution in [2.24, 2.45) is 7.05 Å². The Morgan fingerprint density at radius 1 is 1.44 bits per heavy atom. The molecular formula is C18H15N5OS. The number of aromatic nitrogens is 3. The van der Waals surface area contributed by atoms with Crippen molar-refractivity contribution in [1.82, 2.24) is 14.8 Å². The third kappa shape index (κ3) is 3.11. The summed E-state index contributed by atoms with van der Waals surface area (Å²) in [5, 5.41) is 24.5. The number of anilines is 1. The Morgan fingerprint density at radius 3 is 2.88 bits per heavy atom. The quantitative estimate of drug-likeness (QED) is 0.692. The largest absolute Gasteiger partial charge is 0.384 e. The number of aliphatic hydroxyl groups is 1. The third-order valence-corrected chi connectivity index (χ3v) is 4.66. The summed E-state index contributed by atoms with van der Waals surface area (Å²) in [5.74, 6) is 5.69. The molecule has 0 radical (unpaired) electrons. The van der Waals surface area contributed by atoms with E-state index in [2.05, 4.69) is 28.0 Å². The van der Waals surface area contributed by atoms with Crippen LogP contribution >= 0.6 is 11.3 Å². The molecule has 3 N–H and O–H groups in total. The summed E-state index contributed by atoms with van der Waals surface area (Å²) in [6, 6.07) is 4.05. The first kappa shape index (κ1) is 16.7. The molecule has 0 fully saturated rings. The Kier molecular flexibility index (Phi) is 4.53. The minimum Gasteiger partial charge on any atom is -0.384 e. The van der Waals surface area contributed by atoms with Crippen molar-refractivity contribution in [3.8, 4) is 39.6 Å². The van der Waals surface area contributed by atoms with E-state index in [9.17, 15) is 5.26 Å². The maximum Gasteiger partial charge on any atom is 0.142 e. The highest BCUT2D eigenvalue weighted by molar-refractivity contribution is 7.13. The first-order chi connectivity index (χ1) is 12.0. The van der Waals surface area contributed by atoms with E-state index in [1.165, 1.54) is 11.3 Å². The molecule has 6 nitrogen and oxygen atoms in total. The SMILES string of the molecule is Cc1c(-c2cnn(C)c2)nc(N)c(C#N)c1-c1cc(C#CCO)cs1. The number of aliphatic hydroxyl groups excluding tert-OH is 1. The molecule has 0 unspecified atom stereocenters. The highest BCUT2D eigenvalue weighted by Gasteiger charge is 2.20. The molecule has 0 bridgehead atoms. The molecule has 3 aromatic rings. The van der Waals surface area contributed by atoms with Gasteiger partial charge in [0, 0.05) is 40.2 Å². The van der Waals surface area contributed by atoms with Crippen molar-refractivity contribution >= 4 is 17.2 Å². The van der Waals surface area contributed by atoms with Gasteiger partial charge in [0.2, 0.25) is 0 Å². The number of thiophene rings is 1. The Bertz CT molecular complexity index is 1050. The summed E-state index contributed by atoms with van der Waals surface area (Å²) in [4.78, 5) is 5.30. The number of aryl methyl sites for hydroxylation is 1. The van der Waals surface area contributed by atoms with Crippen molar-refractivity contribution in [3.05, 3.63) is 40.5 Å². The van der Waals surface area contributed by atoms with Gasteiger partial charge in [-0.25, -0.2) is 4.98 Å². The van der Waals surface area contributed by atoms with Gasteiger partial charge in [-0.2, -0.15) is 10.4 Å². The van der Waals surface area contributed by atoms with Gasteiger partial charge in [0.25, 0.3) is 0 Å². The highest BCUT2D eigenvalue weighted by atomic mass is 32.1. The molecule has 0 aliphatic heterocycles. The van der Waals surface area contributed by atoms with Gasteiger partial charge >= 0.3 is 0 Å². The van der Waals surface area contributed by atoms with Crippen LogP contribution in [0.3, 0.4) is 0 Å². The molecule has 0 aliphatic rings. The number of nitrogens with two attached hydrogens (primary N) is 1. The third-order valence-electron chi connectivity index (χ3n) is 3.72. The summed E-state index contributed by atoms with van der Waals surface area (Å²) in [7, 11) is 1.83. The first-order valence-electron chi connectivity index (χ1n) is 7.43. The highest BCUT2D eigenvalue weighted by Crippen LogP contribution is 2.38. The summed E-state index contributed by atoms with van der Waals surface area (Å²) >= 11 is 1.48. The zero-order valence-electron chi connectivity index (χ0n) is 13.7. The van der Waals surface area contributed by atoms with Gasteiger partial charge in [0.15, 0.2) is 0 Å². The van der Waals surface area contributed by atoms with Gasteiger partial charge in [0.1, 0.15) is 24.1 Å². The predicted molar refractivity (Wildman–Crippen MR) is 97.6 cm³/mol. The molecule has 3 aromatic heterocycles. The van der Waals surface area contributed by atoms with E-state index in [-0.39, 0.29) is 12.4 Å². The molecule has 0 aromatic carbocycles. The molecule has 25 heavy (non-hydrogen) atoms. The zero-order chi connectivity index (χ0) is 18.0. The van der Waals surface area contributed by atoms with E-state index < -0.39 is 0 Å². The number of hydrogen-bond acceptors (Lipinski definition) is 6. The van der Waals surface area contributed by atoms with Crippen LogP contribution in [-0.2, 0) is 7.05 Å². The Balaban J connectivity index is 2.23. The van der Waals surface area contributed by atoms with Crippen molar-refractivity contribution in [2.75, 3.05) is 12.3 Å². The minimum atomic E-state index is -0.193. The van der Waals surface area contributed by atoms with E-state index in [0.29, 0.717) is 11.3 Å². The van der Waals surface area contributed by atoms with Crippen molar-refractivity contribution < 1.29 is 5.11 Å². The van der Waals surface area contributed by atoms with Gasteiger partial charge in [-0.3, -0.25) is 4.68 Å². The number of hydrogen-bond donors (Lipinski definition) is 2. The second-order valence-corrected chi connectivity index (χ2v) is 6.31. The Labute approximate surface area is 149 Å². The summed E-state index contributed by atoms with van der Waals surface area (Å²) < 4.78 is 1.69. The monoisotopic (exact) mass is 349 g/mol. The second kappa shape index (κ2) is 6.78. The fraction of sp³-hybridized carbons (Fsp3) is 0.167. The Hall–Kier alpha value is -3.13. The molecule has 0 aliphatic carbocycles. The van der Waals surface area contributed by atoms with Crippen LogP contribution in [0.1, 0.15) is 16.7 Å². The van der Waals surface area contributed by atoms with Gasteiger partial charge in [0.05, 0.1) is 11.9 Å². The van der Waals surface area contributed by atoms with Gasteiger partial charge < -0.3 is 10.8 Å². The Morgan fingerprint density at radius 2 is 2.24 bits per heavy atom. The number of nitriles is 1. The number of nitrogens with zero attached hydrogens (tertiary/aromatic N) is 4. The van der Waals surface area contributed by atoms with Crippen LogP contribution in [0.25, 0.3) is 21.7 Å². The van der Waals surface area contributed by atoms with Crippen LogP contribution in [0.15, 0.2) is 23.8 Å². The summed E-state index contributed by atoms with van der Waals surface area (Å²) in [6.45, 7) is 1.73. The van der Waals surface area contributed by atoms with E-state index in [4.69, 9.17) is 10.8 Å². The van der Waals surface area contributed by atoms with Gasteiger partial charge in [-0.1, -0.05) is 11.8 Å². The van der Waals surface area contributed by atoms with Crippen molar-refractivity contribution in [1.29, 1.82) is 5.26 Å². The fourth-order valence-electron chi connectivity index (χ4n) is 2.61. The lowest BCUT2D eigenvalue weighted by Crippen LogP contribution is -2.02. The smallest absolute Gasteiger partial charge is 0.142 e. The van der Waals surface area contributed by atoms with E-state index in [1.807, 2.05) is 31.6 Å². The lowest BCUT2D eigenvalue weighted by molar-refractivity contribution is 0.350. The number of pyridine rings is 1. The summed E-state index contributed by atoms with van der Waals surface area (Å²) in [6.07, 6.45) is 3.58. The lowest BCUT2D eigenvalue weighted by Gasteiger charge is -2.12. The maximum atomic E-state index is 9.56.